The van der Waals surface area contributed by atoms with Crippen LogP contribution < -0.4 is 10.6 Å². The van der Waals surface area contributed by atoms with E-state index in [1.165, 1.54) is 6.20 Å². The van der Waals surface area contributed by atoms with Crippen molar-refractivity contribution in [1.29, 1.82) is 5.26 Å². The molecule has 1 heterocycles. The molecule has 2 N–H and O–H groups in total. The van der Waals surface area contributed by atoms with E-state index < -0.39 is 11.8 Å². The van der Waals surface area contributed by atoms with Crippen LogP contribution in [0.4, 0.5) is 5.82 Å². The Morgan fingerprint density at radius 2 is 2.25 bits per heavy atom. The summed E-state index contributed by atoms with van der Waals surface area (Å²) in [5.41, 5.74) is 0.754. The zero-order chi connectivity index (χ0) is 12.0. The molecule has 0 aliphatic heterocycles. The lowest BCUT2D eigenvalue weighted by atomic mass is 10.3. The molecule has 0 aliphatic carbocycles. The van der Waals surface area contributed by atoms with Crippen LogP contribution in [0.2, 0.25) is 0 Å². The van der Waals surface area contributed by atoms with E-state index in [0.717, 1.165) is 5.56 Å². The number of carbonyl (C=O) groups is 2. The molecule has 6 nitrogen and oxygen atoms in total. The van der Waals surface area contributed by atoms with Crippen molar-refractivity contribution in [2.24, 2.45) is 0 Å². The number of nitriles is 1. The average molecular weight is 218 g/mol. The van der Waals surface area contributed by atoms with Crippen LogP contribution in [-0.2, 0) is 9.59 Å². The van der Waals surface area contributed by atoms with Crippen LogP contribution in [-0.4, -0.2) is 23.3 Å². The Kier molecular flexibility index (Phi) is 3.98. The van der Waals surface area contributed by atoms with Gasteiger partial charge in [0.05, 0.1) is 6.07 Å². The number of hydrogen-bond acceptors (Lipinski definition) is 4. The summed E-state index contributed by atoms with van der Waals surface area (Å²) in [6, 6.07) is 5.18. The molecular formula is C10H10N4O2. The first-order chi connectivity index (χ1) is 7.65. The van der Waals surface area contributed by atoms with Crippen LogP contribution in [0, 0.1) is 18.3 Å². The third-order valence-electron chi connectivity index (χ3n) is 1.78. The molecule has 6 heteroatoms. The molecule has 0 radical (unpaired) electrons. The van der Waals surface area contributed by atoms with E-state index in [4.69, 9.17) is 5.26 Å². The molecule has 1 rings (SSSR count). The lowest BCUT2D eigenvalue weighted by molar-refractivity contribution is -0.136. The van der Waals surface area contributed by atoms with Crippen molar-refractivity contribution in [1.82, 2.24) is 10.3 Å². The number of aromatic nitrogens is 1. The summed E-state index contributed by atoms with van der Waals surface area (Å²) in [6.07, 6.45) is 1.51. The highest BCUT2D eigenvalue weighted by Gasteiger charge is 2.14. The molecule has 0 saturated carbocycles. The minimum absolute atomic E-state index is 0.201. The molecular weight excluding hydrogens is 208 g/mol. The first-order valence-electron chi connectivity index (χ1n) is 4.53. The van der Waals surface area contributed by atoms with E-state index >= 15 is 0 Å². The second-order valence-electron chi connectivity index (χ2n) is 2.96. The van der Waals surface area contributed by atoms with E-state index in [2.05, 4.69) is 15.6 Å². The van der Waals surface area contributed by atoms with Crippen LogP contribution in [0.3, 0.4) is 0 Å². The van der Waals surface area contributed by atoms with E-state index in [9.17, 15) is 9.59 Å². The maximum atomic E-state index is 11.3. The van der Waals surface area contributed by atoms with Gasteiger partial charge in [0.25, 0.3) is 0 Å². The average Bonchev–Trinajstić information content (AvgIpc) is 2.28. The minimum atomic E-state index is -0.855. The Labute approximate surface area is 92.3 Å². The summed E-state index contributed by atoms with van der Waals surface area (Å²) in [5.74, 6) is -1.36. The minimum Gasteiger partial charge on any atom is -0.335 e. The molecule has 16 heavy (non-hydrogen) atoms. The second-order valence-corrected chi connectivity index (χ2v) is 2.96. The predicted octanol–water partition coefficient (Wildman–Crippen LogP) is -0.0317. The van der Waals surface area contributed by atoms with Gasteiger partial charge in [-0.3, -0.25) is 9.59 Å². The highest BCUT2D eigenvalue weighted by molar-refractivity contribution is 6.39. The summed E-state index contributed by atoms with van der Waals surface area (Å²) < 4.78 is 0. The lowest BCUT2D eigenvalue weighted by Crippen LogP contribution is -2.35. The normalized spacial score (nSPS) is 9.00. The van der Waals surface area contributed by atoms with Gasteiger partial charge in [-0.15, -0.1) is 0 Å². The number of hydrogen-bond donors (Lipinski definition) is 2. The first kappa shape index (κ1) is 11.7. The molecule has 0 aromatic carbocycles. The molecule has 0 unspecified atom stereocenters. The Morgan fingerprint density at radius 1 is 1.50 bits per heavy atom. The van der Waals surface area contributed by atoms with Gasteiger partial charge >= 0.3 is 11.8 Å². The van der Waals surface area contributed by atoms with Gasteiger partial charge < -0.3 is 10.6 Å². The van der Waals surface area contributed by atoms with Gasteiger partial charge in [0.2, 0.25) is 0 Å². The fourth-order valence-corrected chi connectivity index (χ4v) is 0.981. The van der Waals surface area contributed by atoms with E-state index in [1.807, 2.05) is 0 Å². The summed E-state index contributed by atoms with van der Waals surface area (Å²) in [5, 5.41) is 12.7. The smallest absolute Gasteiger partial charge is 0.314 e. The van der Waals surface area contributed by atoms with Crippen molar-refractivity contribution in [3.8, 4) is 6.07 Å². The number of anilines is 1. The van der Waals surface area contributed by atoms with Gasteiger partial charge in [0.1, 0.15) is 12.4 Å². The van der Waals surface area contributed by atoms with Gasteiger partial charge in [-0.25, -0.2) is 4.98 Å². The van der Waals surface area contributed by atoms with Crippen LogP contribution in [0.25, 0.3) is 0 Å². The standard InChI is InChI=1S/C10H10N4O2/c1-7-3-2-5-12-8(7)14-10(16)9(15)13-6-4-11/h2-3,5H,6H2,1H3,(H,13,15)(H,12,14,16). The fraction of sp³-hybridized carbons (Fsp3) is 0.200. The van der Waals surface area contributed by atoms with Crippen molar-refractivity contribution in [2.75, 3.05) is 11.9 Å². The van der Waals surface area contributed by atoms with Crippen LogP contribution in [0.15, 0.2) is 18.3 Å². The number of nitrogens with one attached hydrogen (secondary N) is 2. The maximum Gasteiger partial charge on any atom is 0.314 e. The zero-order valence-electron chi connectivity index (χ0n) is 8.65. The van der Waals surface area contributed by atoms with E-state index in [0.29, 0.717) is 5.82 Å². The third kappa shape index (κ3) is 3.06. The SMILES string of the molecule is Cc1cccnc1NC(=O)C(=O)NCC#N. The van der Waals surface area contributed by atoms with Gasteiger partial charge in [-0.05, 0) is 18.6 Å². The van der Waals surface area contributed by atoms with Crippen molar-refractivity contribution < 1.29 is 9.59 Å². The highest BCUT2D eigenvalue weighted by Crippen LogP contribution is 2.08. The Bertz CT molecular complexity index is 450. The summed E-state index contributed by atoms with van der Waals surface area (Å²) in [7, 11) is 0. The Morgan fingerprint density at radius 3 is 2.88 bits per heavy atom. The zero-order valence-corrected chi connectivity index (χ0v) is 8.65. The van der Waals surface area contributed by atoms with Crippen molar-refractivity contribution in [2.45, 2.75) is 6.92 Å². The van der Waals surface area contributed by atoms with Crippen molar-refractivity contribution in [3.05, 3.63) is 23.9 Å². The molecule has 0 bridgehead atoms. The highest BCUT2D eigenvalue weighted by atomic mass is 16.2. The summed E-state index contributed by atoms with van der Waals surface area (Å²) >= 11 is 0. The van der Waals surface area contributed by atoms with Gasteiger partial charge in [0.15, 0.2) is 0 Å². The molecule has 1 aromatic heterocycles. The summed E-state index contributed by atoms with van der Waals surface area (Å²) in [6.45, 7) is 1.56. The topological polar surface area (TPSA) is 94.9 Å². The molecule has 0 atom stereocenters. The molecule has 0 saturated heterocycles. The van der Waals surface area contributed by atoms with Gasteiger partial charge in [-0.2, -0.15) is 5.26 Å². The molecule has 1 aromatic rings. The number of aryl methyl sites for hydroxylation is 1. The monoisotopic (exact) mass is 218 g/mol. The van der Waals surface area contributed by atoms with Gasteiger partial charge in [0, 0.05) is 6.20 Å². The van der Waals surface area contributed by atoms with E-state index in [-0.39, 0.29) is 6.54 Å². The summed E-state index contributed by atoms with van der Waals surface area (Å²) in [4.78, 5) is 26.3. The number of nitrogens with zero attached hydrogens (tertiary/aromatic N) is 2. The Hall–Kier alpha value is -2.42. The maximum absolute atomic E-state index is 11.3. The van der Waals surface area contributed by atoms with E-state index in [1.54, 1.807) is 25.1 Å². The molecule has 0 spiro atoms. The number of pyridine rings is 1. The number of rotatable bonds is 2. The number of carbonyl (C=O) groups excluding carboxylic acids is 2. The lowest BCUT2D eigenvalue weighted by Gasteiger charge is -2.05. The van der Waals surface area contributed by atoms with Crippen LogP contribution in [0.5, 0.6) is 0 Å². The van der Waals surface area contributed by atoms with Crippen LogP contribution >= 0.6 is 0 Å². The fourth-order valence-electron chi connectivity index (χ4n) is 0.981. The molecule has 82 valence electrons. The molecule has 0 fully saturated rings. The second kappa shape index (κ2) is 5.46. The number of amides is 2. The van der Waals surface area contributed by atoms with Crippen molar-refractivity contribution >= 4 is 17.6 Å². The van der Waals surface area contributed by atoms with Crippen LogP contribution in [0.1, 0.15) is 5.56 Å². The Balaban J connectivity index is 2.62. The largest absolute Gasteiger partial charge is 0.335 e. The molecule has 0 aliphatic rings. The molecule has 2 amide bonds. The van der Waals surface area contributed by atoms with Crippen molar-refractivity contribution in [3.63, 3.8) is 0 Å². The quantitative estimate of drug-likeness (QED) is 0.538. The van der Waals surface area contributed by atoms with Gasteiger partial charge in [-0.1, -0.05) is 6.07 Å². The predicted molar refractivity (Wildman–Crippen MR) is 56.2 cm³/mol. The third-order valence-corrected chi connectivity index (χ3v) is 1.78. The first-order valence-corrected chi connectivity index (χ1v) is 4.53.